The van der Waals surface area contributed by atoms with E-state index >= 15 is 0 Å². The van der Waals surface area contributed by atoms with Crippen molar-refractivity contribution in [2.24, 2.45) is 0 Å². The van der Waals surface area contributed by atoms with Crippen LogP contribution in [0, 0.1) is 5.82 Å². The summed E-state index contributed by atoms with van der Waals surface area (Å²) in [4.78, 5) is 15.1. The van der Waals surface area contributed by atoms with Gasteiger partial charge in [-0.1, -0.05) is 12.1 Å². The summed E-state index contributed by atoms with van der Waals surface area (Å²) in [5, 5.41) is 9.73. The molecule has 0 radical (unpaired) electrons. The van der Waals surface area contributed by atoms with E-state index in [2.05, 4.69) is 0 Å². The lowest BCUT2D eigenvalue weighted by atomic mass is 10.00. The average Bonchev–Trinajstić information content (AvgIpc) is 3.04. The van der Waals surface area contributed by atoms with Crippen molar-refractivity contribution < 1.29 is 27.5 Å². The van der Waals surface area contributed by atoms with E-state index in [0.717, 1.165) is 48.6 Å². The molecule has 3 rings (SSSR count). The van der Waals surface area contributed by atoms with Crippen LogP contribution >= 0.6 is 0 Å². The highest BCUT2D eigenvalue weighted by molar-refractivity contribution is 5.93. The van der Waals surface area contributed by atoms with Gasteiger partial charge in [0.15, 0.2) is 0 Å². The van der Waals surface area contributed by atoms with Gasteiger partial charge in [-0.05, 0) is 62.3 Å². The Kier molecular flexibility index (Phi) is 5.60. The van der Waals surface area contributed by atoms with Crippen LogP contribution in [0.25, 0.3) is 11.1 Å². The molecule has 150 valence electrons. The summed E-state index contributed by atoms with van der Waals surface area (Å²) in [6.45, 7) is 1.01. The number of likely N-dealkylation sites (tertiary alicyclic amines) is 1. The van der Waals surface area contributed by atoms with Gasteiger partial charge in [-0.25, -0.2) is 9.18 Å². The molecule has 1 saturated heterocycles. The zero-order valence-electron chi connectivity index (χ0n) is 15.2. The highest BCUT2D eigenvalue weighted by atomic mass is 19.4. The quantitative estimate of drug-likeness (QED) is 0.732. The molecular weight excluding hydrogens is 376 g/mol. The maximum Gasteiger partial charge on any atom is 0.416 e. The van der Waals surface area contributed by atoms with Gasteiger partial charge in [-0.15, -0.1) is 0 Å². The zero-order valence-corrected chi connectivity index (χ0v) is 15.2. The molecule has 0 unspecified atom stereocenters. The lowest BCUT2D eigenvalue weighted by Crippen LogP contribution is -2.41. The number of benzene rings is 2. The second-order valence-corrected chi connectivity index (χ2v) is 6.91. The molecule has 0 bridgehead atoms. The smallest absolute Gasteiger partial charge is 0.416 e. The summed E-state index contributed by atoms with van der Waals surface area (Å²) in [5.74, 6) is -0.653. The fourth-order valence-electron chi connectivity index (χ4n) is 3.54. The number of likely N-dealkylation sites (N-methyl/N-ethyl adjacent to an activating group) is 1. The number of alkyl halides is 3. The van der Waals surface area contributed by atoms with Crippen LogP contribution in [0.2, 0.25) is 0 Å². The Labute approximate surface area is 160 Å². The topological polar surface area (TPSA) is 43.8 Å². The standard InChI is InChI=1S/C20H20F4N2O2/c1-25-9-3-6-16(25)12-26(19(27)28)18-8-7-15(21)11-17(18)13-4-2-5-14(10-13)20(22,23)24/h2,4-5,7-8,10-11,16H,3,6,9,12H2,1H3,(H,27,28)/t16-/m0/s1. The van der Waals surface area contributed by atoms with E-state index in [-0.39, 0.29) is 29.4 Å². The Balaban J connectivity index is 2.05. The maximum absolute atomic E-state index is 13.9. The monoisotopic (exact) mass is 396 g/mol. The fourth-order valence-corrected chi connectivity index (χ4v) is 3.54. The summed E-state index contributed by atoms with van der Waals surface area (Å²) < 4.78 is 53.1. The molecule has 1 amide bonds. The van der Waals surface area contributed by atoms with E-state index in [4.69, 9.17) is 0 Å². The molecule has 1 atom stereocenters. The minimum Gasteiger partial charge on any atom is -0.465 e. The van der Waals surface area contributed by atoms with E-state index < -0.39 is 23.7 Å². The van der Waals surface area contributed by atoms with E-state index in [1.54, 1.807) is 0 Å². The highest BCUT2D eigenvalue weighted by Crippen LogP contribution is 2.36. The second-order valence-electron chi connectivity index (χ2n) is 6.91. The number of hydrogen-bond acceptors (Lipinski definition) is 2. The Hall–Kier alpha value is -2.61. The summed E-state index contributed by atoms with van der Waals surface area (Å²) >= 11 is 0. The third-order valence-corrected chi connectivity index (χ3v) is 5.05. The van der Waals surface area contributed by atoms with Gasteiger partial charge in [0.2, 0.25) is 0 Å². The lowest BCUT2D eigenvalue weighted by Gasteiger charge is -2.28. The molecular formula is C20H20F4N2O2. The van der Waals surface area contributed by atoms with Crippen molar-refractivity contribution in [3.05, 3.63) is 53.8 Å². The zero-order chi connectivity index (χ0) is 20.5. The van der Waals surface area contributed by atoms with Gasteiger partial charge in [0.05, 0.1) is 11.3 Å². The number of carboxylic acid groups (broad SMARTS) is 1. The molecule has 2 aromatic carbocycles. The molecule has 4 nitrogen and oxygen atoms in total. The molecule has 1 aliphatic heterocycles. The Bertz CT molecular complexity index is 870. The van der Waals surface area contributed by atoms with Crippen molar-refractivity contribution in [1.29, 1.82) is 0 Å². The number of nitrogens with zero attached hydrogens (tertiary/aromatic N) is 2. The van der Waals surface area contributed by atoms with Crippen molar-refractivity contribution in [2.45, 2.75) is 25.1 Å². The Morgan fingerprint density at radius 3 is 2.61 bits per heavy atom. The van der Waals surface area contributed by atoms with Crippen molar-refractivity contribution in [1.82, 2.24) is 4.90 Å². The molecule has 0 aromatic heterocycles. The number of carbonyl (C=O) groups is 1. The van der Waals surface area contributed by atoms with Gasteiger partial charge in [-0.3, -0.25) is 4.90 Å². The van der Waals surface area contributed by atoms with E-state index in [0.29, 0.717) is 0 Å². The van der Waals surface area contributed by atoms with Crippen LogP contribution in [0.1, 0.15) is 18.4 Å². The van der Waals surface area contributed by atoms with Gasteiger partial charge in [0, 0.05) is 18.2 Å². The predicted octanol–water partition coefficient (Wildman–Crippen LogP) is 5.09. The van der Waals surface area contributed by atoms with Gasteiger partial charge in [-0.2, -0.15) is 13.2 Å². The van der Waals surface area contributed by atoms with E-state index in [9.17, 15) is 27.5 Å². The average molecular weight is 396 g/mol. The van der Waals surface area contributed by atoms with E-state index in [1.165, 1.54) is 18.2 Å². The summed E-state index contributed by atoms with van der Waals surface area (Å²) in [6.07, 6.45) is -4.03. The normalized spacial score (nSPS) is 17.7. The van der Waals surface area contributed by atoms with Crippen molar-refractivity contribution in [3.8, 4) is 11.1 Å². The molecule has 1 fully saturated rings. The predicted molar refractivity (Wildman–Crippen MR) is 97.9 cm³/mol. The summed E-state index contributed by atoms with van der Waals surface area (Å²) in [7, 11) is 1.90. The fraction of sp³-hybridized carbons (Fsp3) is 0.350. The van der Waals surface area contributed by atoms with Crippen LogP contribution in [0.5, 0.6) is 0 Å². The van der Waals surface area contributed by atoms with Crippen LogP contribution in [0.4, 0.5) is 28.0 Å². The van der Waals surface area contributed by atoms with Gasteiger partial charge in [0.25, 0.3) is 0 Å². The number of halogens is 4. The third-order valence-electron chi connectivity index (χ3n) is 5.05. The summed E-state index contributed by atoms with van der Waals surface area (Å²) in [5.41, 5.74) is -0.504. The first-order chi connectivity index (χ1) is 13.2. The maximum atomic E-state index is 13.9. The molecule has 8 heteroatoms. The van der Waals surface area contributed by atoms with Crippen molar-refractivity contribution in [3.63, 3.8) is 0 Å². The first kappa shape index (κ1) is 20.1. The Morgan fingerprint density at radius 2 is 2.00 bits per heavy atom. The lowest BCUT2D eigenvalue weighted by molar-refractivity contribution is -0.137. The minimum absolute atomic E-state index is 0.00416. The molecule has 0 aliphatic carbocycles. The van der Waals surface area contributed by atoms with Gasteiger partial charge in [0.1, 0.15) is 5.82 Å². The second kappa shape index (κ2) is 7.79. The van der Waals surface area contributed by atoms with Gasteiger partial charge < -0.3 is 10.0 Å². The van der Waals surface area contributed by atoms with Crippen LogP contribution in [-0.4, -0.2) is 42.3 Å². The van der Waals surface area contributed by atoms with Crippen LogP contribution in [0.3, 0.4) is 0 Å². The molecule has 0 spiro atoms. The molecule has 1 heterocycles. The molecule has 1 N–H and O–H groups in total. The third kappa shape index (κ3) is 4.27. The SMILES string of the molecule is CN1CCC[C@H]1CN(C(=O)O)c1ccc(F)cc1-c1cccc(C(F)(F)F)c1. The van der Waals surface area contributed by atoms with Crippen molar-refractivity contribution >= 4 is 11.8 Å². The molecule has 1 aliphatic rings. The number of hydrogen-bond donors (Lipinski definition) is 1. The van der Waals surface area contributed by atoms with Gasteiger partial charge >= 0.3 is 12.3 Å². The first-order valence-electron chi connectivity index (χ1n) is 8.84. The van der Waals surface area contributed by atoms with Crippen LogP contribution in [-0.2, 0) is 6.18 Å². The minimum atomic E-state index is -4.55. The van der Waals surface area contributed by atoms with E-state index in [1.807, 2.05) is 11.9 Å². The number of rotatable bonds is 4. The molecule has 0 saturated carbocycles. The van der Waals surface area contributed by atoms with Crippen LogP contribution < -0.4 is 4.90 Å². The largest absolute Gasteiger partial charge is 0.465 e. The highest BCUT2D eigenvalue weighted by Gasteiger charge is 2.31. The first-order valence-corrected chi connectivity index (χ1v) is 8.84. The molecule has 28 heavy (non-hydrogen) atoms. The Morgan fingerprint density at radius 1 is 1.25 bits per heavy atom. The number of amides is 1. The summed E-state index contributed by atoms with van der Waals surface area (Å²) in [6, 6.07) is 7.94. The molecule has 2 aromatic rings. The van der Waals surface area contributed by atoms with Crippen LogP contribution in [0.15, 0.2) is 42.5 Å². The van der Waals surface area contributed by atoms with Crippen molar-refractivity contribution in [2.75, 3.05) is 25.0 Å². The number of anilines is 1.